The van der Waals surface area contributed by atoms with Crippen molar-refractivity contribution in [2.75, 3.05) is 6.61 Å². The van der Waals surface area contributed by atoms with Gasteiger partial charge in [-0.05, 0) is 24.6 Å². The molecule has 0 amide bonds. The fourth-order valence-corrected chi connectivity index (χ4v) is 2.37. The van der Waals surface area contributed by atoms with Gasteiger partial charge in [-0.25, -0.2) is 4.79 Å². The summed E-state index contributed by atoms with van der Waals surface area (Å²) in [7, 11) is 0. The van der Waals surface area contributed by atoms with Crippen LogP contribution in [0.4, 0.5) is 0 Å². The molecule has 22 heavy (non-hydrogen) atoms. The first-order valence-corrected chi connectivity index (χ1v) is 7.10. The molecule has 2 N–H and O–H groups in total. The minimum Gasteiger partial charge on any atom is -0.494 e. The molecule has 7 heteroatoms. The van der Waals surface area contributed by atoms with Gasteiger partial charge < -0.3 is 14.8 Å². The van der Waals surface area contributed by atoms with Crippen molar-refractivity contribution in [3.63, 3.8) is 0 Å². The Morgan fingerprint density at radius 2 is 2.09 bits per heavy atom. The fraction of sp³-hybridized carbons (Fsp3) is 0.133. The van der Waals surface area contributed by atoms with Crippen LogP contribution in [0.25, 0.3) is 11.1 Å². The van der Waals surface area contributed by atoms with E-state index in [2.05, 4.69) is 4.98 Å². The monoisotopic (exact) mass is 334 g/mol. The Morgan fingerprint density at radius 3 is 2.64 bits per heavy atom. The van der Waals surface area contributed by atoms with Crippen LogP contribution in [0.5, 0.6) is 5.88 Å². The lowest BCUT2D eigenvalue weighted by Gasteiger charge is -2.13. The van der Waals surface area contributed by atoms with E-state index in [9.17, 15) is 15.2 Å². The molecule has 1 heterocycles. The lowest BCUT2D eigenvalue weighted by molar-refractivity contribution is 0.0523. The maximum absolute atomic E-state index is 12.1. The Labute approximate surface area is 136 Å². The number of ether oxygens (including phenoxy) is 1. The molecule has 0 spiro atoms. The first-order valence-electron chi connectivity index (χ1n) is 6.32. The molecule has 2 rings (SSSR count). The van der Waals surface area contributed by atoms with Crippen LogP contribution in [0.2, 0.25) is 5.02 Å². The predicted octanol–water partition coefficient (Wildman–Crippen LogP) is 3.82. The van der Waals surface area contributed by atoms with Crippen molar-refractivity contribution < 1.29 is 14.6 Å². The largest absolute Gasteiger partial charge is 0.494 e. The van der Waals surface area contributed by atoms with E-state index in [1.807, 2.05) is 6.07 Å². The average molecular weight is 335 g/mol. The molecular weight excluding hydrogens is 324 g/mol. The second-order valence-corrected chi connectivity index (χ2v) is 5.11. The summed E-state index contributed by atoms with van der Waals surface area (Å²) in [6, 6.07) is 8.45. The molecule has 0 saturated heterocycles. The van der Waals surface area contributed by atoms with Crippen molar-refractivity contribution in [3.05, 3.63) is 45.1 Å². The number of aromatic nitrogens is 1. The van der Waals surface area contributed by atoms with Crippen LogP contribution in [-0.2, 0) is 4.74 Å². The Kier molecular flexibility index (Phi) is 4.81. The lowest BCUT2D eigenvalue weighted by Crippen LogP contribution is -2.09. The molecule has 1 aromatic carbocycles. The molecule has 0 aliphatic heterocycles. The Morgan fingerprint density at radius 1 is 1.45 bits per heavy atom. The van der Waals surface area contributed by atoms with Crippen LogP contribution in [-0.4, -0.2) is 22.7 Å². The van der Waals surface area contributed by atoms with Crippen LogP contribution in [0.1, 0.15) is 22.8 Å². The van der Waals surface area contributed by atoms with E-state index < -0.39 is 11.8 Å². The van der Waals surface area contributed by atoms with Gasteiger partial charge in [0, 0.05) is 10.6 Å². The molecular formula is C15H11ClN2O3S. The summed E-state index contributed by atoms with van der Waals surface area (Å²) in [5.74, 6) is -1.18. The number of nitrogens with zero attached hydrogens (tertiary/aromatic N) is 1. The molecule has 0 aliphatic rings. The smallest absolute Gasteiger partial charge is 0.344 e. The van der Waals surface area contributed by atoms with Gasteiger partial charge in [0.05, 0.1) is 12.2 Å². The normalized spacial score (nSPS) is 10.0. The van der Waals surface area contributed by atoms with Crippen molar-refractivity contribution in [1.29, 1.82) is 5.26 Å². The Hall–Kier alpha value is -2.36. The van der Waals surface area contributed by atoms with Gasteiger partial charge in [-0.2, -0.15) is 5.26 Å². The number of aromatic amines is 1. The van der Waals surface area contributed by atoms with Gasteiger partial charge in [-0.15, -0.1) is 0 Å². The van der Waals surface area contributed by atoms with Crippen LogP contribution in [0.3, 0.4) is 0 Å². The van der Waals surface area contributed by atoms with Gasteiger partial charge in [0.15, 0.2) is 0 Å². The number of aromatic hydroxyl groups is 1. The van der Waals surface area contributed by atoms with E-state index in [4.69, 9.17) is 28.6 Å². The van der Waals surface area contributed by atoms with Gasteiger partial charge in [-0.1, -0.05) is 36.0 Å². The standard InChI is InChI=1S/C15H11ClN2O3S/c1-2-21-15(20)12-11(8-3-5-9(16)6-4-8)10(7-17)14(22)18-13(12)19/h3-6H,2H2,1H3,(H2,18,19,22). The topological polar surface area (TPSA) is 86.1 Å². The van der Waals surface area contributed by atoms with Crippen molar-refractivity contribution in [1.82, 2.24) is 4.98 Å². The zero-order valence-electron chi connectivity index (χ0n) is 11.5. The molecule has 1 aromatic heterocycles. The maximum atomic E-state index is 12.1. The summed E-state index contributed by atoms with van der Waals surface area (Å²) in [6.07, 6.45) is 0. The summed E-state index contributed by atoms with van der Waals surface area (Å²) in [6.45, 7) is 1.78. The van der Waals surface area contributed by atoms with E-state index in [-0.39, 0.29) is 27.9 Å². The highest BCUT2D eigenvalue weighted by molar-refractivity contribution is 7.71. The predicted molar refractivity (Wildman–Crippen MR) is 84.4 cm³/mol. The number of nitriles is 1. The maximum Gasteiger partial charge on any atom is 0.344 e. The first kappa shape index (κ1) is 16.0. The molecule has 0 atom stereocenters. The third kappa shape index (κ3) is 2.96. The molecule has 112 valence electrons. The van der Waals surface area contributed by atoms with Crippen LogP contribution < -0.4 is 0 Å². The molecule has 0 saturated carbocycles. The van der Waals surface area contributed by atoms with Crippen LogP contribution >= 0.6 is 23.8 Å². The first-order chi connectivity index (χ1) is 10.5. The second kappa shape index (κ2) is 6.60. The van der Waals surface area contributed by atoms with Crippen molar-refractivity contribution in [3.8, 4) is 23.1 Å². The van der Waals surface area contributed by atoms with Crippen LogP contribution in [0, 0.1) is 16.0 Å². The molecule has 0 unspecified atom stereocenters. The number of benzene rings is 1. The van der Waals surface area contributed by atoms with E-state index in [0.717, 1.165) is 0 Å². The molecule has 5 nitrogen and oxygen atoms in total. The minimum absolute atomic E-state index is 0.0398. The number of hydrogen-bond donors (Lipinski definition) is 2. The molecule has 0 radical (unpaired) electrons. The lowest BCUT2D eigenvalue weighted by atomic mass is 9.96. The average Bonchev–Trinajstić information content (AvgIpc) is 2.47. The fourth-order valence-electron chi connectivity index (χ4n) is 2.00. The van der Waals surface area contributed by atoms with Gasteiger partial charge in [0.2, 0.25) is 5.88 Å². The van der Waals surface area contributed by atoms with Gasteiger partial charge in [-0.3, -0.25) is 0 Å². The number of carbonyl (C=O) groups is 1. The van der Waals surface area contributed by atoms with E-state index >= 15 is 0 Å². The Bertz CT molecular complexity index is 822. The van der Waals surface area contributed by atoms with E-state index in [1.165, 1.54) is 0 Å². The highest BCUT2D eigenvalue weighted by Gasteiger charge is 2.24. The number of halogens is 1. The van der Waals surface area contributed by atoms with Gasteiger partial charge in [0.25, 0.3) is 0 Å². The zero-order valence-corrected chi connectivity index (χ0v) is 13.1. The van der Waals surface area contributed by atoms with Crippen molar-refractivity contribution >= 4 is 29.8 Å². The quantitative estimate of drug-likeness (QED) is 0.658. The van der Waals surface area contributed by atoms with Gasteiger partial charge in [0.1, 0.15) is 16.3 Å². The second-order valence-electron chi connectivity index (χ2n) is 4.27. The van der Waals surface area contributed by atoms with Crippen LogP contribution in [0.15, 0.2) is 24.3 Å². The van der Waals surface area contributed by atoms with Crippen molar-refractivity contribution in [2.45, 2.75) is 6.92 Å². The van der Waals surface area contributed by atoms with E-state index in [0.29, 0.717) is 10.6 Å². The number of esters is 1. The molecule has 0 bridgehead atoms. The number of H-pyrrole nitrogens is 1. The van der Waals surface area contributed by atoms with Crippen molar-refractivity contribution in [2.24, 2.45) is 0 Å². The molecule has 0 fully saturated rings. The highest BCUT2D eigenvalue weighted by Crippen LogP contribution is 2.33. The number of pyridine rings is 1. The third-order valence-electron chi connectivity index (χ3n) is 2.92. The highest BCUT2D eigenvalue weighted by atomic mass is 35.5. The summed E-state index contributed by atoms with van der Waals surface area (Å²) in [5.41, 5.74) is 0.700. The SMILES string of the molecule is CCOC(=O)c1c(O)[nH]c(=S)c(C#N)c1-c1ccc(Cl)cc1. The number of hydrogen-bond acceptors (Lipinski definition) is 5. The van der Waals surface area contributed by atoms with E-state index in [1.54, 1.807) is 31.2 Å². The zero-order chi connectivity index (χ0) is 16.3. The third-order valence-corrected chi connectivity index (χ3v) is 3.48. The molecule has 0 aliphatic carbocycles. The summed E-state index contributed by atoms with van der Waals surface area (Å²) in [5, 5.41) is 19.9. The number of carbonyl (C=O) groups excluding carboxylic acids is 1. The summed E-state index contributed by atoms with van der Waals surface area (Å²) < 4.78 is 4.99. The van der Waals surface area contributed by atoms with Gasteiger partial charge >= 0.3 is 5.97 Å². The number of nitrogens with one attached hydrogen (secondary N) is 1. The minimum atomic E-state index is -0.743. The summed E-state index contributed by atoms with van der Waals surface area (Å²) in [4.78, 5) is 14.6. The molecule has 2 aromatic rings. The Balaban J connectivity index is 2.83. The number of rotatable bonds is 3. The summed E-state index contributed by atoms with van der Waals surface area (Å²) >= 11 is 10.9.